The largest absolute Gasteiger partial charge is 0.381 e. The SMILES string of the molecule is COC1CCCCC1CCc1ncnc(N2CCCC2c2ccc(C(C)(F)F)cc2)c1F. The van der Waals surface area contributed by atoms with Gasteiger partial charge in [0.15, 0.2) is 11.6 Å². The summed E-state index contributed by atoms with van der Waals surface area (Å²) in [6, 6.07) is 6.30. The fourth-order valence-electron chi connectivity index (χ4n) is 5.27. The zero-order valence-electron chi connectivity index (χ0n) is 18.9. The van der Waals surface area contributed by atoms with Crippen molar-refractivity contribution in [2.24, 2.45) is 5.92 Å². The molecule has 2 fully saturated rings. The van der Waals surface area contributed by atoms with Gasteiger partial charge < -0.3 is 9.64 Å². The van der Waals surface area contributed by atoms with Gasteiger partial charge in [-0.15, -0.1) is 0 Å². The van der Waals surface area contributed by atoms with Crippen LogP contribution in [0.1, 0.15) is 74.7 Å². The molecule has 3 unspecified atom stereocenters. The summed E-state index contributed by atoms with van der Waals surface area (Å²) in [5.41, 5.74) is 1.33. The molecule has 1 aromatic heterocycles. The lowest BCUT2D eigenvalue weighted by molar-refractivity contribution is 0.0174. The van der Waals surface area contributed by atoms with E-state index in [1.165, 1.54) is 31.3 Å². The minimum Gasteiger partial charge on any atom is -0.381 e. The fourth-order valence-corrected chi connectivity index (χ4v) is 5.27. The van der Waals surface area contributed by atoms with Gasteiger partial charge in [0.1, 0.15) is 6.33 Å². The van der Waals surface area contributed by atoms with E-state index in [1.54, 1.807) is 19.2 Å². The summed E-state index contributed by atoms with van der Waals surface area (Å²) in [7, 11) is 1.76. The van der Waals surface area contributed by atoms with Crippen LogP contribution in [0.25, 0.3) is 0 Å². The zero-order chi connectivity index (χ0) is 22.7. The monoisotopic (exact) mass is 447 g/mol. The highest BCUT2D eigenvalue weighted by atomic mass is 19.3. The second-order valence-electron chi connectivity index (χ2n) is 9.18. The highest BCUT2D eigenvalue weighted by molar-refractivity contribution is 5.46. The van der Waals surface area contributed by atoms with E-state index >= 15 is 4.39 Å². The molecule has 1 aliphatic heterocycles. The van der Waals surface area contributed by atoms with Crippen LogP contribution in [-0.4, -0.2) is 29.7 Å². The second-order valence-corrected chi connectivity index (χ2v) is 9.18. The summed E-state index contributed by atoms with van der Waals surface area (Å²) in [5, 5.41) is 0. The molecule has 2 aromatic rings. The van der Waals surface area contributed by atoms with Crippen molar-refractivity contribution in [1.82, 2.24) is 9.97 Å². The third kappa shape index (κ3) is 4.92. The number of methoxy groups -OCH3 is 1. The van der Waals surface area contributed by atoms with Crippen molar-refractivity contribution in [3.05, 3.63) is 53.2 Å². The summed E-state index contributed by atoms with van der Waals surface area (Å²) < 4.78 is 48.3. The van der Waals surface area contributed by atoms with E-state index in [0.29, 0.717) is 30.4 Å². The van der Waals surface area contributed by atoms with Gasteiger partial charge in [0, 0.05) is 26.1 Å². The highest BCUT2D eigenvalue weighted by Gasteiger charge is 2.32. The van der Waals surface area contributed by atoms with Crippen molar-refractivity contribution in [2.75, 3.05) is 18.6 Å². The van der Waals surface area contributed by atoms with Gasteiger partial charge in [-0.05, 0) is 50.0 Å². The van der Waals surface area contributed by atoms with Gasteiger partial charge in [0.05, 0.1) is 17.8 Å². The Balaban J connectivity index is 1.50. The first-order chi connectivity index (χ1) is 15.4. The van der Waals surface area contributed by atoms with Crippen molar-refractivity contribution in [3.8, 4) is 0 Å². The smallest absolute Gasteiger partial charge is 0.270 e. The number of halogens is 3. The molecule has 3 atom stereocenters. The second kappa shape index (κ2) is 9.77. The van der Waals surface area contributed by atoms with Gasteiger partial charge in [0.2, 0.25) is 0 Å². The maximum atomic E-state index is 15.5. The summed E-state index contributed by atoms with van der Waals surface area (Å²) in [6.07, 6.45) is 9.38. The number of ether oxygens (including phenoxy) is 1. The predicted octanol–water partition coefficient (Wildman–Crippen LogP) is 6.21. The fraction of sp³-hybridized carbons (Fsp3) is 0.600. The Kier molecular flexibility index (Phi) is 7.03. The van der Waals surface area contributed by atoms with Gasteiger partial charge in [0.25, 0.3) is 5.92 Å². The number of hydrogen-bond donors (Lipinski definition) is 0. The maximum absolute atomic E-state index is 15.5. The van der Waals surface area contributed by atoms with Crippen molar-refractivity contribution >= 4 is 5.82 Å². The molecule has 4 nitrogen and oxygen atoms in total. The Morgan fingerprint density at radius 3 is 2.53 bits per heavy atom. The molecular formula is C25H32F3N3O. The molecule has 0 amide bonds. The number of alkyl halides is 2. The molecule has 2 aliphatic rings. The van der Waals surface area contributed by atoms with E-state index in [1.807, 2.05) is 4.90 Å². The molecule has 0 bridgehead atoms. The van der Waals surface area contributed by atoms with E-state index in [9.17, 15) is 8.78 Å². The van der Waals surface area contributed by atoms with Gasteiger partial charge in [-0.25, -0.2) is 23.1 Å². The van der Waals surface area contributed by atoms with Crippen LogP contribution in [0.5, 0.6) is 0 Å². The molecule has 1 saturated heterocycles. The van der Waals surface area contributed by atoms with Crippen molar-refractivity contribution < 1.29 is 17.9 Å². The van der Waals surface area contributed by atoms with Crippen LogP contribution in [-0.2, 0) is 17.1 Å². The van der Waals surface area contributed by atoms with Crippen molar-refractivity contribution in [3.63, 3.8) is 0 Å². The third-order valence-corrected chi connectivity index (χ3v) is 7.06. The van der Waals surface area contributed by atoms with Crippen LogP contribution in [0.3, 0.4) is 0 Å². The molecule has 1 aliphatic carbocycles. The van der Waals surface area contributed by atoms with Crippen LogP contribution < -0.4 is 4.90 Å². The number of nitrogens with zero attached hydrogens (tertiary/aromatic N) is 3. The first-order valence-electron chi connectivity index (χ1n) is 11.7. The molecule has 0 N–H and O–H groups in total. The molecule has 2 heterocycles. The molecule has 32 heavy (non-hydrogen) atoms. The Labute approximate surface area is 188 Å². The van der Waals surface area contributed by atoms with E-state index in [2.05, 4.69) is 9.97 Å². The number of aromatic nitrogens is 2. The first-order valence-corrected chi connectivity index (χ1v) is 11.7. The van der Waals surface area contributed by atoms with Gasteiger partial charge in [-0.2, -0.15) is 0 Å². The standard InChI is InChI=1S/C25H32F3N3O/c1-25(27,28)19-12-9-17(10-13-19)21-7-5-15-31(21)24-23(26)20(29-16-30-24)14-11-18-6-3-4-8-22(18)32-2/h9-10,12-13,16,18,21-22H,3-8,11,14-15H2,1-2H3. The topological polar surface area (TPSA) is 38.3 Å². The number of anilines is 1. The van der Waals surface area contributed by atoms with E-state index in [-0.39, 0.29) is 23.5 Å². The van der Waals surface area contributed by atoms with Crippen LogP contribution >= 0.6 is 0 Å². The number of rotatable bonds is 7. The van der Waals surface area contributed by atoms with Crippen molar-refractivity contribution in [1.29, 1.82) is 0 Å². The Bertz CT molecular complexity index is 900. The minimum absolute atomic E-state index is 0.0154. The van der Waals surface area contributed by atoms with E-state index in [4.69, 9.17) is 4.74 Å². The molecule has 7 heteroatoms. The van der Waals surface area contributed by atoms with Crippen molar-refractivity contribution in [2.45, 2.75) is 76.4 Å². The average molecular weight is 448 g/mol. The average Bonchev–Trinajstić information content (AvgIpc) is 3.28. The Morgan fingerprint density at radius 2 is 1.81 bits per heavy atom. The molecule has 1 saturated carbocycles. The maximum Gasteiger partial charge on any atom is 0.270 e. The Morgan fingerprint density at radius 1 is 1.06 bits per heavy atom. The number of hydrogen-bond acceptors (Lipinski definition) is 4. The lowest BCUT2D eigenvalue weighted by Crippen LogP contribution is -2.27. The molecule has 0 spiro atoms. The Hall–Kier alpha value is -2.15. The first kappa shape index (κ1) is 23.0. The molecule has 1 aromatic carbocycles. The summed E-state index contributed by atoms with van der Waals surface area (Å²) >= 11 is 0. The van der Waals surface area contributed by atoms with Crippen LogP contribution in [0.4, 0.5) is 19.0 Å². The van der Waals surface area contributed by atoms with Crippen LogP contribution in [0.15, 0.2) is 30.6 Å². The summed E-state index contributed by atoms with van der Waals surface area (Å²) in [6.45, 7) is 1.57. The van der Waals surface area contributed by atoms with Gasteiger partial charge in [-0.3, -0.25) is 0 Å². The normalized spacial score (nSPS) is 24.2. The zero-order valence-corrected chi connectivity index (χ0v) is 18.9. The predicted molar refractivity (Wildman–Crippen MR) is 118 cm³/mol. The summed E-state index contributed by atoms with van der Waals surface area (Å²) in [5.74, 6) is -2.49. The third-order valence-electron chi connectivity index (χ3n) is 7.06. The van der Waals surface area contributed by atoms with E-state index in [0.717, 1.165) is 44.6 Å². The molecular weight excluding hydrogens is 415 g/mol. The van der Waals surface area contributed by atoms with Crippen LogP contribution in [0, 0.1) is 11.7 Å². The molecule has 4 rings (SSSR count). The lowest BCUT2D eigenvalue weighted by atomic mass is 9.83. The lowest BCUT2D eigenvalue weighted by Gasteiger charge is -2.30. The van der Waals surface area contributed by atoms with E-state index < -0.39 is 5.92 Å². The van der Waals surface area contributed by atoms with Crippen LogP contribution in [0.2, 0.25) is 0 Å². The molecule has 0 radical (unpaired) electrons. The highest BCUT2D eigenvalue weighted by Crippen LogP contribution is 2.38. The minimum atomic E-state index is -2.87. The van der Waals surface area contributed by atoms with Gasteiger partial charge >= 0.3 is 0 Å². The quantitative estimate of drug-likeness (QED) is 0.506. The summed E-state index contributed by atoms with van der Waals surface area (Å²) in [4.78, 5) is 10.5. The van der Waals surface area contributed by atoms with Gasteiger partial charge in [-0.1, -0.05) is 37.1 Å². The molecule has 174 valence electrons. The number of benzene rings is 1. The number of aryl methyl sites for hydroxylation is 1.